The van der Waals surface area contributed by atoms with Gasteiger partial charge in [-0.2, -0.15) is 0 Å². The van der Waals surface area contributed by atoms with Gasteiger partial charge in [-0.3, -0.25) is 4.90 Å². The van der Waals surface area contributed by atoms with Crippen LogP contribution in [0.1, 0.15) is 48.7 Å². The molecule has 1 atom stereocenters. The van der Waals surface area contributed by atoms with Crippen LogP contribution in [-0.4, -0.2) is 45.3 Å². The molecule has 6 nitrogen and oxygen atoms in total. The summed E-state index contributed by atoms with van der Waals surface area (Å²) in [6.07, 6.45) is 4.96. The van der Waals surface area contributed by atoms with Crippen molar-refractivity contribution in [2.24, 2.45) is 0 Å². The number of nitrogens with zero attached hydrogens (tertiary/aromatic N) is 5. The van der Waals surface area contributed by atoms with Gasteiger partial charge >= 0.3 is 0 Å². The van der Waals surface area contributed by atoms with E-state index < -0.39 is 0 Å². The van der Waals surface area contributed by atoms with Crippen molar-refractivity contribution in [1.29, 1.82) is 0 Å². The standard InChI is InChI=1S/C22H27N5O/c1-28-20-14-8-7-13-19(20)21(26-15-9-2-3-10-16-26)22-23-24-25-27(22)17-18-11-5-4-6-12-18/h4-8,11-14,21H,2-3,9-10,15-17H2,1H3/t21-/m0/s1. The third-order valence-electron chi connectivity index (χ3n) is 5.42. The predicted molar refractivity (Wildman–Crippen MR) is 108 cm³/mol. The van der Waals surface area contributed by atoms with E-state index in [4.69, 9.17) is 4.74 Å². The highest BCUT2D eigenvalue weighted by Crippen LogP contribution is 2.35. The van der Waals surface area contributed by atoms with Crippen molar-refractivity contribution in [3.8, 4) is 5.75 Å². The summed E-state index contributed by atoms with van der Waals surface area (Å²) in [6, 6.07) is 18.5. The molecule has 0 spiro atoms. The van der Waals surface area contributed by atoms with Crippen molar-refractivity contribution < 1.29 is 4.74 Å². The summed E-state index contributed by atoms with van der Waals surface area (Å²) in [5.41, 5.74) is 2.31. The molecule has 0 radical (unpaired) electrons. The number of methoxy groups -OCH3 is 1. The van der Waals surface area contributed by atoms with Crippen LogP contribution in [0, 0.1) is 0 Å². The maximum Gasteiger partial charge on any atom is 0.173 e. The van der Waals surface area contributed by atoms with Crippen LogP contribution in [0.15, 0.2) is 54.6 Å². The Kier molecular flexibility index (Phi) is 5.97. The Hall–Kier alpha value is -2.73. The molecule has 1 aliphatic rings. The molecule has 0 aliphatic carbocycles. The van der Waals surface area contributed by atoms with E-state index in [1.807, 2.05) is 35.0 Å². The van der Waals surface area contributed by atoms with Gasteiger partial charge in [0.25, 0.3) is 0 Å². The molecule has 28 heavy (non-hydrogen) atoms. The lowest BCUT2D eigenvalue weighted by molar-refractivity contribution is 0.217. The van der Waals surface area contributed by atoms with Crippen LogP contribution < -0.4 is 4.74 Å². The zero-order valence-corrected chi connectivity index (χ0v) is 16.4. The van der Waals surface area contributed by atoms with Gasteiger partial charge in [0.2, 0.25) is 0 Å². The van der Waals surface area contributed by atoms with E-state index >= 15 is 0 Å². The van der Waals surface area contributed by atoms with E-state index in [0.29, 0.717) is 6.54 Å². The van der Waals surface area contributed by atoms with Gasteiger partial charge in [-0.1, -0.05) is 61.4 Å². The van der Waals surface area contributed by atoms with E-state index in [-0.39, 0.29) is 6.04 Å². The predicted octanol–water partition coefficient (Wildman–Crippen LogP) is 3.70. The molecule has 6 heteroatoms. The topological polar surface area (TPSA) is 56.1 Å². The van der Waals surface area contributed by atoms with E-state index in [1.54, 1.807) is 7.11 Å². The Morgan fingerprint density at radius 1 is 0.929 bits per heavy atom. The molecule has 4 rings (SSSR count). The van der Waals surface area contributed by atoms with Crippen molar-refractivity contribution in [2.75, 3.05) is 20.2 Å². The maximum atomic E-state index is 5.70. The van der Waals surface area contributed by atoms with Crippen molar-refractivity contribution in [3.05, 3.63) is 71.5 Å². The molecule has 146 valence electrons. The average molecular weight is 377 g/mol. The minimum Gasteiger partial charge on any atom is -0.496 e. The van der Waals surface area contributed by atoms with Crippen molar-refractivity contribution >= 4 is 0 Å². The highest BCUT2D eigenvalue weighted by atomic mass is 16.5. The molecular weight excluding hydrogens is 350 g/mol. The normalized spacial score (nSPS) is 16.5. The molecule has 1 aliphatic heterocycles. The summed E-state index contributed by atoms with van der Waals surface area (Å²) in [4.78, 5) is 2.51. The Bertz CT molecular complexity index is 871. The number of para-hydroxylation sites is 1. The van der Waals surface area contributed by atoms with Crippen LogP contribution in [0.5, 0.6) is 5.75 Å². The van der Waals surface area contributed by atoms with Crippen LogP contribution in [0.3, 0.4) is 0 Å². The molecular formula is C22H27N5O. The van der Waals surface area contributed by atoms with Crippen molar-refractivity contribution in [1.82, 2.24) is 25.1 Å². The first kappa shape index (κ1) is 18.6. The third kappa shape index (κ3) is 4.07. The second-order valence-electron chi connectivity index (χ2n) is 7.28. The lowest BCUT2D eigenvalue weighted by atomic mass is 10.0. The molecule has 1 aromatic heterocycles. The first-order valence-electron chi connectivity index (χ1n) is 10.0. The Labute approximate surface area is 166 Å². The van der Waals surface area contributed by atoms with Gasteiger partial charge in [0.1, 0.15) is 11.8 Å². The fourth-order valence-electron chi connectivity index (χ4n) is 4.02. The van der Waals surface area contributed by atoms with E-state index in [9.17, 15) is 0 Å². The Morgan fingerprint density at radius 2 is 1.64 bits per heavy atom. The van der Waals surface area contributed by atoms with Crippen LogP contribution in [0.4, 0.5) is 0 Å². The SMILES string of the molecule is COc1ccccc1[C@@H](c1nnnn1Cc1ccccc1)N1CCCCCC1. The fourth-order valence-corrected chi connectivity index (χ4v) is 4.02. The smallest absolute Gasteiger partial charge is 0.173 e. The van der Waals surface area contributed by atoms with E-state index in [0.717, 1.165) is 30.2 Å². The summed E-state index contributed by atoms with van der Waals surface area (Å²) >= 11 is 0. The quantitative estimate of drug-likeness (QED) is 0.656. The number of likely N-dealkylation sites (tertiary alicyclic amines) is 1. The van der Waals surface area contributed by atoms with Crippen LogP contribution in [0.25, 0.3) is 0 Å². The minimum absolute atomic E-state index is 0.0204. The number of tetrazole rings is 1. The van der Waals surface area contributed by atoms with E-state index in [1.165, 1.54) is 31.2 Å². The summed E-state index contributed by atoms with van der Waals surface area (Å²) in [5.74, 6) is 1.75. The van der Waals surface area contributed by atoms with Gasteiger partial charge in [0, 0.05) is 5.56 Å². The molecule has 2 heterocycles. The van der Waals surface area contributed by atoms with Crippen LogP contribution in [0.2, 0.25) is 0 Å². The van der Waals surface area contributed by atoms with Crippen LogP contribution >= 0.6 is 0 Å². The molecule has 1 saturated heterocycles. The van der Waals surface area contributed by atoms with Gasteiger partial charge in [-0.25, -0.2) is 4.68 Å². The number of benzene rings is 2. The first-order valence-corrected chi connectivity index (χ1v) is 10.0. The average Bonchev–Trinajstić information content (AvgIpc) is 3.01. The Morgan fingerprint density at radius 3 is 2.39 bits per heavy atom. The zero-order valence-electron chi connectivity index (χ0n) is 16.4. The van der Waals surface area contributed by atoms with E-state index in [2.05, 4.69) is 44.7 Å². The monoisotopic (exact) mass is 377 g/mol. The molecule has 2 aromatic carbocycles. The largest absolute Gasteiger partial charge is 0.496 e. The van der Waals surface area contributed by atoms with Gasteiger partial charge < -0.3 is 4.74 Å². The lowest BCUT2D eigenvalue weighted by Gasteiger charge is -2.31. The number of ether oxygens (including phenoxy) is 1. The third-order valence-corrected chi connectivity index (χ3v) is 5.42. The lowest BCUT2D eigenvalue weighted by Crippen LogP contribution is -2.33. The summed E-state index contributed by atoms with van der Waals surface area (Å²) < 4.78 is 7.63. The van der Waals surface area contributed by atoms with Gasteiger partial charge in [-0.05, 0) is 48.0 Å². The Balaban J connectivity index is 1.75. The molecule has 0 amide bonds. The first-order chi connectivity index (χ1) is 13.9. The number of aromatic nitrogens is 4. The van der Waals surface area contributed by atoms with Gasteiger partial charge in [0.15, 0.2) is 5.82 Å². The van der Waals surface area contributed by atoms with Crippen molar-refractivity contribution in [2.45, 2.75) is 38.3 Å². The van der Waals surface area contributed by atoms with Gasteiger partial charge in [0.05, 0.1) is 13.7 Å². The van der Waals surface area contributed by atoms with Gasteiger partial charge in [-0.15, -0.1) is 5.10 Å². The summed E-state index contributed by atoms with van der Waals surface area (Å²) in [5, 5.41) is 12.8. The maximum absolute atomic E-state index is 5.70. The molecule has 0 saturated carbocycles. The second kappa shape index (κ2) is 8.97. The number of rotatable bonds is 6. The molecule has 3 aromatic rings. The molecule has 0 unspecified atom stereocenters. The molecule has 1 fully saturated rings. The summed E-state index contributed by atoms with van der Waals surface area (Å²) in [6.45, 7) is 2.74. The second-order valence-corrected chi connectivity index (χ2v) is 7.28. The number of hydrogen-bond donors (Lipinski definition) is 0. The highest BCUT2D eigenvalue weighted by molar-refractivity contribution is 5.39. The molecule has 0 bridgehead atoms. The zero-order chi connectivity index (χ0) is 19.2. The molecule has 0 N–H and O–H groups in total. The summed E-state index contributed by atoms with van der Waals surface area (Å²) in [7, 11) is 1.73. The van der Waals surface area contributed by atoms with Crippen molar-refractivity contribution in [3.63, 3.8) is 0 Å². The fraction of sp³-hybridized carbons (Fsp3) is 0.409. The van der Waals surface area contributed by atoms with Crippen LogP contribution in [-0.2, 0) is 6.54 Å². The number of hydrogen-bond acceptors (Lipinski definition) is 5. The highest BCUT2D eigenvalue weighted by Gasteiger charge is 2.30. The minimum atomic E-state index is -0.0204.